The Labute approximate surface area is 169 Å². The Balaban J connectivity index is 1.73. The highest BCUT2D eigenvalue weighted by molar-refractivity contribution is 6.33. The number of benzene rings is 1. The van der Waals surface area contributed by atoms with Crippen LogP contribution in [0, 0.1) is 0 Å². The number of anilines is 1. The number of hydrogen-bond donors (Lipinski definition) is 1. The van der Waals surface area contributed by atoms with Gasteiger partial charge in [-0.3, -0.25) is 9.69 Å². The van der Waals surface area contributed by atoms with Gasteiger partial charge in [0.05, 0.1) is 10.6 Å². The monoisotopic (exact) mass is 432 g/mol. The van der Waals surface area contributed by atoms with Gasteiger partial charge in [-0.05, 0) is 23.8 Å². The Hall–Kier alpha value is -2.03. The normalized spacial score (nSPS) is 16.8. The van der Waals surface area contributed by atoms with Crippen LogP contribution in [0.25, 0.3) is 0 Å². The lowest BCUT2D eigenvalue weighted by atomic mass is 10.0. The Kier molecular flexibility index (Phi) is 6.02. The summed E-state index contributed by atoms with van der Waals surface area (Å²) in [7, 11) is 0. The number of pyridine rings is 1. The summed E-state index contributed by atoms with van der Waals surface area (Å²) in [6.45, 7) is 1.81. The molecule has 0 spiro atoms. The van der Waals surface area contributed by atoms with Crippen molar-refractivity contribution in [2.24, 2.45) is 5.73 Å². The van der Waals surface area contributed by atoms with Crippen molar-refractivity contribution in [1.82, 2.24) is 9.88 Å². The van der Waals surface area contributed by atoms with Crippen LogP contribution in [0.1, 0.15) is 17.2 Å². The van der Waals surface area contributed by atoms with Crippen molar-refractivity contribution in [3.05, 3.63) is 57.7 Å². The van der Waals surface area contributed by atoms with Crippen LogP contribution in [-0.4, -0.2) is 42.0 Å². The van der Waals surface area contributed by atoms with E-state index in [4.69, 9.17) is 28.9 Å². The number of rotatable bonds is 4. The summed E-state index contributed by atoms with van der Waals surface area (Å²) < 4.78 is 38.3. The van der Waals surface area contributed by atoms with Gasteiger partial charge in [-0.15, -0.1) is 0 Å². The summed E-state index contributed by atoms with van der Waals surface area (Å²) in [5.41, 5.74) is 5.44. The molecule has 3 rings (SSSR count). The van der Waals surface area contributed by atoms with Crippen LogP contribution in [-0.2, 0) is 11.0 Å². The zero-order chi connectivity index (χ0) is 20.5. The average molecular weight is 433 g/mol. The minimum atomic E-state index is -4.50. The van der Waals surface area contributed by atoms with E-state index >= 15 is 0 Å². The summed E-state index contributed by atoms with van der Waals surface area (Å²) in [6, 6.07) is 7.13. The second-order valence-corrected chi connectivity index (χ2v) is 7.25. The molecule has 150 valence electrons. The van der Waals surface area contributed by atoms with Gasteiger partial charge in [0, 0.05) is 37.4 Å². The molecular formula is C18H17Cl2F3N4O. The molecule has 1 aliphatic heterocycles. The first-order valence-corrected chi connectivity index (χ1v) is 9.19. The van der Waals surface area contributed by atoms with Gasteiger partial charge < -0.3 is 10.6 Å². The molecular weight excluding hydrogens is 416 g/mol. The first-order chi connectivity index (χ1) is 13.2. The highest BCUT2D eigenvalue weighted by Gasteiger charge is 2.33. The van der Waals surface area contributed by atoms with Gasteiger partial charge in [-0.2, -0.15) is 13.2 Å². The number of amides is 1. The van der Waals surface area contributed by atoms with Crippen LogP contribution < -0.4 is 10.6 Å². The second-order valence-electron chi connectivity index (χ2n) is 6.41. The number of hydrogen-bond acceptors (Lipinski definition) is 4. The minimum absolute atomic E-state index is 0.0626. The largest absolute Gasteiger partial charge is 0.417 e. The molecule has 2 heterocycles. The number of alkyl halides is 3. The number of piperazine rings is 1. The third-order valence-corrected chi connectivity index (χ3v) is 5.11. The lowest BCUT2D eigenvalue weighted by Crippen LogP contribution is -2.50. The van der Waals surface area contributed by atoms with Gasteiger partial charge in [-0.25, -0.2) is 4.98 Å². The number of halogens is 5. The third kappa shape index (κ3) is 4.51. The molecule has 28 heavy (non-hydrogen) atoms. The zero-order valence-corrected chi connectivity index (χ0v) is 16.1. The maximum atomic E-state index is 12.8. The van der Waals surface area contributed by atoms with E-state index in [0.717, 1.165) is 17.8 Å². The molecule has 0 radical (unpaired) electrons. The van der Waals surface area contributed by atoms with E-state index in [-0.39, 0.29) is 10.8 Å². The van der Waals surface area contributed by atoms with Crippen molar-refractivity contribution in [2.45, 2.75) is 12.2 Å². The quantitative estimate of drug-likeness (QED) is 0.798. The van der Waals surface area contributed by atoms with Crippen LogP contribution >= 0.6 is 23.2 Å². The zero-order valence-electron chi connectivity index (χ0n) is 14.6. The number of primary amides is 1. The van der Waals surface area contributed by atoms with Gasteiger partial charge in [0.2, 0.25) is 5.91 Å². The Bertz CT molecular complexity index is 853. The van der Waals surface area contributed by atoms with Crippen molar-refractivity contribution in [1.29, 1.82) is 0 Å². The van der Waals surface area contributed by atoms with E-state index in [2.05, 4.69) is 4.98 Å². The van der Waals surface area contributed by atoms with E-state index in [1.165, 1.54) is 0 Å². The van der Waals surface area contributed by atoms with Crippen molar-refractivity contribution >= 4 is 34.9 Å². The molecule has 1 aliphatic rings. The van der Waals surface area contributed by atoms with E-state index in [0.29, 0.717) is 31.2 Å². The predicted octanol–water partition coefficient (Wildman–Crippen LogP) is 3.76. The molecule has 0 unspecified atom stereocenters. The molecule has 0 bridgehead atoms. The molecule has 2 N–H and O–H groups in total. The molecule has 1 saturated heterocycles. The fourth-order valence-corrected chi connectivity index (χ4v) is 3.62. The molecule has 10 heteroatoms. The number of nitrogens with zero attached hydrogens (tertiary/aromatic N) is 3. The fourth-order valence-electron chi connectivity index (χ4n) is 3.21. The first kappa shape index (κ1) is 20.7. The maximum Gasteiger partial charge on any atom is 0.417 e. The molecule has 5 nitrogen and oxygen atoms in total. The van der Waals surface area contributed by atoms with Gasteiger partial charge >= 0.3 is 6.18 Å². The van der Waals surface area contributed by atoms with E-state index in [1.54, 1.807) is 29.2 Å². The van der Waals surface area contributed by atoms with E-state index in [9.17, 15) is 18.0 Å². The van der Waals surface area contributed by atoms with Crippen LogP contribution in [0.5, 0.6) is 0 Å². The summed E-state index contributed by atoms with van der Waals surface area (Å²) in [6.07, 6.45) is -3.73. The molecule has 1 fully saturated rings. The highest BCUT2D eigenvalue weighted by Crippen LogP contribution is 2.34. The number of carbonyl (C=O) groups excluding carboxylic acids is 1. The van der Waals surface area contributed by atoms with Crippen molar-refractivity contribution in [3.8, 4) is 0 Å². The second kappa shape index (κ2) is 8.14. The molecule has 1 amide bonds. The van der Waals surface area contributed by atoms with Crippen molar-refractivity contribution in [3.63, 3.8) is 0 Å². The molecule has 0 aliphatic carbocycles. The number of carbonyl (C=O) groups is 1. The SMILES string of the molecule is NC(=O)[C@@H](c1ccc(Cl)cc1)N1CCN(c2ncc(C(F)(F)F)cc2Cl)CC1. The smallest absolute Gasteiger partial charge is 0.368 e. The summed E-state index contributed by atoms with van der Waals surface area (Å²) in [5, 5.41) is 0.493. The maximum absolute atomic E-state index is 12.8. The first-order valence-electron chi connectivity index (χ1n) is 8.43. The molecule has 1 atom stereocenters. The Morgan fingerprint density at radius 3 is 2.21 bits per heavy atom. The summed E-state index contributed by atoms with van der Waals surface area (Å²) in [5.74, 6) is -0.196. The van der Waals surface area contributed by atoms with E-state index in [1.807, 2.05) is 4.90 Å². The standard InChI is InChI=1S/C18H17Cl2F3N4O/c19-13-3-1-11(2-4-13)15(16(24)28)26-5-7-27(8-6-26)17-14(20)9-12(10-25-17)18(21,22)23/h1-4,9-10,15H,5-8H2,(H2,24,28)/t15-/m1/s1. The van der Waals surface area contributed by atoms with E-state index < -0.39 is 23.7 Å². The van der Waals surface area contributed by atoms with Gasteiger partial charge in [0.1, 0.15) is 11.9 Å². The summed E-state index contributed by atoms with van der Waals surface area (Å²) in [4.78, 5) is 19.6. The lowest BCUT2D eigenvalue weighted by molar-refractivity contribution is -0.137. The Morgan fingerprint density at radius 2 is 1.71 bits per heavy atom. The van der Waals surface area contributed by atoms with Crippen LogP contribution in [0.15, 0.2) is 36.5 Å². The van der Waals surface area contributed by atoms with Crippen molar-refractivity contribution < 1.29 is 18.0 Å². The van der Waals surface area contributed by atoms with Crippen LogP contribution in [0.2, 0.25) is 10.0 Å². The summed E-state index contributed by atoms with van der Waals surface area (Å²) >= 11 is 11.9. The minimum Gasteiger partial charge on any atom is -0.368 e. The van der Waals surface area contributed by atoms with Crippen LogP contribution in [0.3, 0.4) is 0 Å². The molecule has 1 aromatic carbocycles. The average Bonchev–Trinajstić information content (AvgIpc) is 2.63. The fraction of sp³-hybridized carbons (Fsp3) is 0.333. The van der Waals surface area contributed by atoms with Crippen molar-refractivity contribution in [2.75, 3.05) is 31.1 Å². The predicted molar refractivity (Wildman–Crippen MR) is 101 cm³/mol. The Morgan fingerprint density at radius 1 is 1.11 bits per heavy atom. The molecule has 2 aromatic rings. The van der Waals surface area contributed by atoms with Gasteiger partial charge in [-0.1, -0.05) is 35.3 Å². The topological polar surface area (TPSA) is 62.5 Å². The molecule has 1 aromatic heterocycles. The van der Waals surface area contributed by atoms with Gasteiger partial charge in [0.15, 0.2) is 0 Å². The third-order valence-electron chi connectivity index (χ3n) is 4.58. The molecule has 0 saturated carbocycles. The number of aromatic nitrogens is 1. The highest BCUT2D eigenvalue weighted by atomic mass is 35.5. The van der Waals surface area contributed by atoms with Gasteiger partial charge in [0.25, 0.3) is 0 Å². The van der Waals surface area contributed by atoms with Crippen LogP contribution in [0.4, 0.5) is 19.0 Å². The number of nitrogens with two attached hydrogens (primary N) is 1. The lowest BCUT2D eigenvalue weighted by Gasteiger charge is -2.39.